The SMILES string of the molecule is Cn1cnc(C(=O)N(Cc2ccnc(-c3ccc(F)cc3)c2)CC2CC2)c1. The van der Waals surface area contributed by atoms with Gasteiger partial charge in [0.25, 0.3) is 5.91 Å². The average molecular weight is 364 g/mol. The number of nitrogens with zero attached hydrogens (tertiary/aromatic N) is 4. The van der Waals surface area contributed by atoms with Crippen molar-refractivity contribution in [2.24, 2.45) is 13.0 Å². The largest absolute Gasteiger partial charge is 0.340 e. The number of benzene rings is 1. The Balaban J connectivity index is 1.56. The maximum atomic E-state index is 13.2. The molecule has 1 aliphatic carbocycles. The molecule has 138 valence electrons. The molecule has 1 aromatic carbocycles. The van der Waals surface area contributed by atoms with Crippen molar-refractivity contribution in [3.8, 4) is 11.3 Å². The van der Waals surface area contributed by atoms with Crippen molar-refractivity contribution in [2.45, 2.75) is 19.4 Å². The monoisotopic (exact) mass is 364 g/mol. The van der Waals surface area contributed by atoms with E-state index in [4.69, 9.17) is 0 Å². The minimum atomic E-state index is -0.272. The van der Waals surface area contributed by atoms with E-state index in [0.717, 1.165) is 23.4 Å². The Morgan fingerprint density at radius 1 is 1.22 bits per heavy atom. The number of aromatic nitrogens is 3. The van der Waals surface area contributed by atoms with Crippen LogP contribution >= 0.6 is 0 Å². The molecular formula is C21H21FN4O. The zero-order chi connectivity index (χ0) is 18.8. The van der Waals surface area contributed by atoms with Crippen LogP contribution in [0.1, 0.15) is 28.9 Å². The van der Waals surface area contributed by atoms with Crippen molar-refractivity contribution >= 4 is 5.91 Å². The van der Waals surface area contributed by atoms with Crippen LogP contribution in [0.25, 0.3) is 11.3 Å². The molecule has 4 rings (SSSR count). The Kier molecular flexibility index (Phi) is 4.71. The lowest BCUT2D eigenvalue weighted by atomic mass is 10.1. The lowest BCUT2D eigenvalue weighted by Crippen LogP contribution is -2.32. The van der Waals surface area contributed by atoms with Crippen LogP contribution in [0, 0.1) is 11.7 Å². The number of halogens is 1. The van der Waals surface area contributed by atoms with Gasteiger partial charge in [0, 0.05) is 38.1 Å². The number of hydrogen-bond donors (Lipinski definition) is 0. The van der Waals surface area contributed by atoms with Gasteiger partial charge >= 0.3 is 0 Å². The molecule has 1 saturated carbocycles. The first-order chi connectivity index (χ1) is 13.1. The van der Waals surface area contributed by atoms with Crippen molar-refractivity contribution in [1.29, 1.82) is 0 Å². The van der Waals surface area contributed by atoms with E-state index in [-0.39, 0.29) is 11.7 Å². The summed E-state index contributed by atoms with van der Waals surface area (Å²) in [6, 6.07) is 10.1. The lowest BCUT2D eigenvalue weighted by molar-refractivity contribution is 0.0729. The molecule has 0 aliphatic heterocycles. The summed E-state index contributed by atoms with van der Waals surface area (Å²) < 4.78 is 14.9. The third-order valence-electron chi connectivity index (χ3n) is 4.72. The lowest BCUT2D eigenvalue weighted by Gasteiger charge is -2.22. The third-order valence-corrected chi connectivity index (χ3v) is 4.72. The van der Waals surface area contributed by atoms with Gasteiger partial charge in [-0.2, -0.15) is 0 Å². The number of amides is 1. The summed E-state index contributed by atoms with van der Waals surface area (Å²) in [5.41, 5.74) is 3.08. The second kappa shape index (κ2) is 7.31. The Bertz CT molecular complexity index is 947. The maximum absolute atomic E-state index is 13.2. The topological polar surface area (TPSA) is 51.0 Å². The molecule has 0 spiro atoms. The molecule has 2 heterocycles. The van der Waals surface area contributed by atoms with Gasteiger partial charge in [0.2, 0.25) is 0 Å². The van der Waals surface area contributed by atoms with Crippen LogP contribution in [-0.2, 0) is 13.6 Å². The first-order valence-corrected chi connectivity index (χ1v) is 9.06. The standard InChI is InChI=1S/C21H21FN4O/c1-25-13-20(24-14-25)21(27)26(11-15-2-3-15)12-16-8-9-23-19(10-16)17-4-6-18(22)7-5-17/h4-10,13-15H,2-3,11-12H2,1H3. The number of carbonyl (C=O) groups excluding carboxylic acids is 1. The molecule has 6 heteroatoms. The molecule has 1 aliphatic rings. The molecule has 1 fully saturated rings. The molecular weight excluding hydrogens is 343 g/mol. The summed E-state index contributed by atoms with van der Waals surface area (Å²) in [6.07, 6.45) is 7.46. The fourth-order valence-corrected chi connectivity index (χ4v) is 3.09. The highest BCUT2D eigenvalue weighted by molar-refractivity contribution is 5.92. The second-order valence-electron chi connectivity index (χ2n) is 7.11. The van der Waals surface area contributed by atoms with Gasteiger partial charge in [-0.1, -0.05) is 0 Å². The van der Waals surface area contributed by atoms with Crippen LogP contribution in [0.3, 0.4) is 0 Å². The number of carbonyl (C=O) groups is 1. The molecule has 5 nitrogen and oxygen atoms in total. The molecule has 0 unspecified atom stereocenters. The molecule has 0 N–H and O–H groups in total. The second-order valence-corrected chi connectivity index (χ2v) is 7.11. The number of rotatable bonds is 6. The molecule has 0 saturated heterocycles. The maximum Gasteiger partial charge on any atom is 0.274 e. The highest BCUT2D eigenvalue weighted by Crippen LogP contribution is 2.31. The predicted molar refractivity (Wildman–Crippen MR) is 100 cm³/mol. The van der Waals surface area contributed by atoms with Crippen molar-refractivity contribution in [2.75, 3.05) is 6.54 Å². The fourth-order valence-electron chi connectivity index (χ4n) is 3.09. The van der Waals surface area contributed by atoms with Gasteiger partial charge in [-0.3, -0.25) is 9.78 Å². The van der Waals surface area contributed by atoms with Crippen LogP contribution in [0.5, 0.6) is 0 Å². The van der Waals surface area contributed by atoms with Crippen LogP contribution in [0.4, 0.5) is 4.39 Å². The van der Waals surface area contributed by atoms with Crippen molar-refractivity contribution in [1.82, 2.24) is 19.4 Å². The Morgan fingerprint density at radius 3 is 2.67 bits per heavy atom. The Morgan fingerprint density at radius 2 is 2.00 bits per heavy atom. The summed E-state index contributed by atoms with van der Waals surface area (Å²) in [4.78, 5) is 23.4. The molecule has 2 aromatic heterocycles. The van der Waals surface area contributed by atoms with Gasteiger partial charge in [-0.05, 0) is 60.7 Å². The predicted octanol–water partition coefficient (Wildman–Crippen LogP) is 3.67. The summed E-state index contributed by atoms with van der Waals surface area (Å²) in [6.45, 7) is 1.24. The number of hydrogen-bond acceptors (Lipinski definition) is 3. The smallest absolute Gasteiger partial charge is 0.274 e. The molecule has 27 heavy (non-hydrogen) atoms. The van der Waals surface area contributed by atoms with E-state index < -0.39 is 0 Å². The fraction of sp³-hybridized carbons (Fsp3) is 0.286. The zero-order valence-corrected chi connectivity index (χ0v) is 15.2. The van der Waals surface area contributed by atoms with E-state index in [1.165, 1.54) is 25.0 Å². The molecule has 0 atom stereocenters. The van der Waals surface area contributed by atoms with E-state index in [1.54, 1.807) is 35.4 Å². The van der Waals surface area contributed by atoms with Crippen LogP contribution in [-0.4, -0.2) is 31.9 Å². The van der Waals surface area contributed by atoms with Crippen molar-refractivity contribution in [3.63, 3.8) is 0 Å². The van der Waals surface area contributed by atoms with Crippen LogP contribution in [0.15, 0.2) is 55.1 Å². The van der Waals surface area contributed by atoms with Crippen molar-refractivity contribution in [3.05, 3.63) is 72.2 Å². The summed E-state index contributed by atoms with van der Waals surface area (Å²) in [5, 5.41) is 0. The van der Waals surface area contributed by atoms with Crippen molar-refractivity contribution < 1.29 is 9.18 Å². The van der Waals surface area contributed by atoms with Gasteiger partial charge in [0.05, 0.1) is 12.0 Å². The van der Waals surface area contributed by atoms with Gasteiger partial charge in [-0.25, -0.2) is 9.37 Å². The Labute approximate surface area is 157 Å². The summed E-state index contributed by atoms with van der Waals surface area (Å²) in [5.74, 6) is 0.255. The third kappa shape index (κ3) is 4.22. The van der Waals surface area contributed by atoms with E-state index in [0.29, 0.717) is 18.2 Å². The molecule has 3 aromatic rings. The average Bonchev–Trinajstić information content (AvgIpc) is 3.39. The van der Waals surface area contributed by atoms with Crippen LogP contribution < -0.4 is 0 Å². The molecule has 1 amide bonds. The minimum absolute atomic E-state index is 0.0531. The first kappa shape index (κ1) is 17.4. The Hall–Kier alpha value is -3.02. The normalized spacial score (nSPS) is 13.6. The van der Waals surface area contributed by atoms with Gasteiger partial charge in [0.1, 0.15) is 11.5 Å². The first-order valence-electron chi connectivity index (χ1n) is 9.06. The van der Waals surface area contributed by atoms with Gasteiger partial charge < -0.3 is 9.47 Å². The summed E-state index contributed by atoms with van der Waals surface area (Å²) >= 11 is 0. The van der Waals surface area contributed by atoms with E-state index in [9.17, 15) is 9.18 Å². The highest BCUT2D eigenvalue weighted by atomic mass is 19.1. The van der Waals surface area contributed by atoms with Gasteiger partial charge in [0.15, 0.2) is 0 Å². The quantitative estimate of drug-likeness (QED) is 0.670. The molecule has 0 radical (unpaired) electrons. The van der Waals surface area contributed by atoms with E-state index >= 15 is 0 Å². The molecule has 0 bridgehead atoms. The highest BCUT2D eigenvalue weighted by Gasteiger charge is 2.28. The minimum Gasteiger partial charge on any atom is -0.340 e. The van der Waals surface area contributed by atoms with Crippen LogP contribution in [0.2, 0.25) is 0 Å². The zero-order valence-electron chi connectivity index (χ0n) is 15.2. The van der Waals surface area contributed by atoms with E-state index in [2.05, 4.69) is 9.97 Å². The number of aryl methyl sites for hydroxylation is 1. The van der Waals surface area contributed by atoms with Gasteiger partial charge in [-0.15, -0.1) is 0 Å². The number of imidazole rings is 1. The number of pyridine rings is 1. The van der Waals surface area contributed by atoms with E-state index in [1.807, 2.05) is 24.1 Å². The summed E-state index contributed by atoms with van der Waals surface area (Å²) in [7, 11) is 1.85.